The van der Waals surface area contributed by atoms with Gasteiger partial charge in [0.2, 0.25) is 0 Å². The second kappa shape index (κ2) is 9.46. The van der Waals surface area contributed by atoms with Gasteiger partial charge in [-0.3, -0.25) is 0 Å². The van der Waals surface area contributed by atoms with E-state index in [0.29, 0.717) is 12.3 Å². The minimum Gasteiger partial charge on any atom is -0.497 e. The average molecular weight is 442 g/mol. The van der Waals surface area contributed by atoms with E-state index < -0.39 is 0 Å². The van der Waals surface area contributed by atoms with Gasteiger partial charge < -0.3 is 15.2 Å². The largest absolute Gasteiger partial charge is 0.497 e. The van der Waals surface area contributed by atoms with Crippen molar-refractivity contribution in [3.05, 3.63) is 95.6 Å². The number of anilines is 1. The number of methoxy groups -OCH3 is 1. The average Bonchev–Trinajstić information content (AvgIpc) is 2.79. The van der Waals surface area contributed by atoms with Crippen LogP contribution in [0.2, 0.25) is 0 Å². The molecule has 0 aliphatic rings. The third-order valence-electron chi connectivity index (χ3n) is 5.68. The topological polar surface area (TPSA) is 44.5 Å². The summed E-state index contributed by atoms with van der Waals surface area (Å²) < 4.78 is 11.9. The summed E-state index contributed by atoms with van der Waals surface area (Å²) in [7, 11) is 4.49. The molecule has 0 amide bonds. The van der Waals surface area contributed by atoms with E-state index in [1.165, 1.54) is 16.7 Å². The van der Waals surface area contributed by atoms with Crippen molar-refractivity contribution in [1.82, 2.24) is 0 Å². The van der Waals surface area contributed by atoms with Gasteiger partial charge in [0.25, 0.3) is 0 Å². The minimum absolute atomic E-state index is 0.455. The SMILES string of the molecule is COc1cc(P)c(-c2c(N)cccc2-c2c(C)cccc2C)c(OCc2ccccc2)c1. The second-order valence-electron chi connectivity index (χ2n) is 7.90. The van der Waals surface area contributed by atoms with Gasteiger partial charge in [-0.2, -0.15) is 0 Å². The van der Waals surface area contributed by atoms with E-state index in [2.05, 4.69) is 59.5 Å². The lowest BCUT2D eigenvalue weighted by Crippen LogP contribution is -2.07. The molecule has 4 heteroatoms. The fourth-order valence-electron chi connectivity index (χ4n) is 4.14. The molecule has 162 valence electrons. The second-order valence-corrected chi connectivity index (χ2v) is 8.52. The zero-order valence-corrected chi connectivity index (χ0v) is 19.8. The predicted molar refractivity (Wildman–Crippen MR) is 138 cm³/mol. The van der Waals surface area contributed by atoms with Gasteiger partial charge in [0.15, 0.2) is 0 Å². The van der Waals surface area contributed by atoms with Crippen LogP contribution in [0.5, 0.6) is 11.5 Å². The molecule has 0 bridgehead atoms. The van der Waals surface area contributed by atoms with Gasteiger partial charge in [-0.15, -0.1) is 9.24 Å². The van der Waals surface area contributed by atoms with Crippen LogP contribution in [0.3, 0.4) is 0 Å². The van der Waals surface area contributed by atoms with Crippen molar-refractivity contribution in [3.8, 4) is 33.8 Å². The van der Waals surface area contributed by atoms with E-state index >= 15 is 0 Å². The van der Waals surface area contributed by atoms with Crippen molar-refractivity contribution in [1.29, 1.82) is 0 Å². The summed E-state index contributed by atoms with van der Waals surface area (Å²) in [5.41, 5.74) is 15.1. The van der Waals surface area contributed by atoms with Crippen molar-refractivity contribution >= 4 is 20.2 Å². The van der Waals surface area contributed by atoms with Crippen molar-refractivity contribution in [2.75, 3.05) is 12.8 Å². The van der Waals surface area contributed by atoms with E-state index in [9.17, 15) is 0 Å². The maximum atomic E-state index is 6.61. The summed E-state index contributed by atoms with van der Waals surface area (Å²) in [5, 5.41) is 0.970. The Balaban J connectivity index is 1.92. The summed E-state index contributed by atoms with van der Waals surface area (Å²) in [6.07, 6.45) is 0. The first-order valence-electron chi connectivity index (χ1n) is 10.6. The molecule has 0 aliphatic carbocycles. The van der Waals surface area contributed by atoms with Crippen LogP contribution < -0.4 is 20.5 Å². The molecular weight excluding hydrogens is 413 g/mol. The molecule has 0 saturated heterocycles. The molecule has 4 aromatic rings. The summed E-state index contributed by atoms with van der Waals surface area (Å²) >= 11 is 0. The highest BCUT2D eigenvalue weighted by Crippen LogP contribution is 2.44. The number of nitrogens with two attached hydrogens (primary N) is 1. The van der Waals surface area contributed by atoms with Crippen molar-refractivity contribution < 1.29 is 9.47 Å². The Morgan fingerprint density at radius 1 is 0.781 bits per heavy atom. The molecular formula is C28H28NO2P. The fourth-order valence-corrected chi connectivity index (χ4v) is 4.59. The number of hydrogen-bond donors (Lipinski definition) is 1. The van der Waals surface area contributed by atoms with Crippen LogP contribution in [0.15, 0.2) is 78.9 Å². The Bertz CT molecular complexity index is 1230. The lowest BCUT2D eigenvalue weighted by molar-refractivity contribution is 0.305. The summed E-state index contributed by atoms with van der Waals surface area (Å²) in [6, 6.07) is 26.5. The highest BCUT2D eigenvalue weighted by molar-refractivity contribution is 7.28. The molecule has 1 atom stereocenters. The number of nitrogen functional groups attached to an aromatic ring is 1. The van der Waals surface area contributed by atoms with Crippen LogP contribution in [-0.2, 0) is 6.61 Å². The quantitative estimate of drug-likeness (QED) is 0.282. The van der Waals surface area contributed by atoms with E-state index in [4.69, 9.17) is 15.2 Å². The van der Waals surface area contributed by atoms with E-state index in [1.54, 1.807) is 7.11 Å². The monoisotopic (exact) mass is 441 g/mol. The van der Waals surface area contributed by atoms with E-state index in [0.717, 1.165) is 39.1 Å². The Kier molecular flexibility index (Phi) is 6.48. The predicted octanol–water partition coefficient (Wildman–Crippen LogP) is 6.31. The summed E-state index contributed by atoms with van der Waals surface area (Å²) in [4.78, 5) is 0. The summed E-state index contributed by atoms with van der Waals surface area (Å²) in [5.74, 6) is 1.48. The molecule has 0 fully saturated rings. The molecule has 1 unspecified atom stereocenters. The molecule has 32 heavy (non-hydrogen) atoms. The van der Waals surface area contributed by atoms with Gasteiger partial charge in [-0.05, 0) is 59.1 Å². The molecule has 0 aromatic heterocycles. The number of ether oxygens (including phenoxy) is 2. The van der Waals surface area contributed by atoms with Crippen molar-refractivity contribution in [2.24, 2.45) is 0 Å². The van der Waals surface area contributed by atoms with Gasteiger partial charge in [0.05, 0.1) is 7.11 Å². The molecule has 4 rings (SSSR count). The highest BCUT2D eigenvalue weighted by Gasteiger charge is 2.21. The van der Waals surface area contributed by atoms with Gasteiger partial charge in [0.1, 0.15) is 18.1 Å². The molecule has 4 aromatic carbocycles. The standard InChI is InChI=1S/C28H28NO2P/c1-18-9-7-10-19(2)26(18)22-13-8-14-23(29)27(22)28-24(15-21(30-3)16-25(28)32)31-17-20-11-5-4-6-12-20/h4-16H,17,29,32H2,1-3H3. The Morgan fingerprint density at radius 3 is 2.16 bits per heavy atom. The van der Waals surface area contributed by atoms with Crippen LogP contribution in [0.4, 0.5) is 5.69 Å². The molecule has 0 heterocycles. The molecule has 2 N–H and O–H groups in total. The van der Waals surface area contributed by atoms with Crippen LogP contribution in [0, 0.1) is 13.8 Å². The normalized spacial score (nSPS) is 10.8. The molecule has 0 saturated carbocycles. The third kappa shape index (κ3) is 4.35. The number of rotatable bonds is 6. The lowest BCUT2D eigenvalue weighted by atomic mass is 9.88. The van der Waals surface area contributed by atoms with Gasteiger partial charge in [-0.1, -0.05) is 60.7 Å². The van der Waals surface area contributed by atoms with Gasteiger partial charge in [0, 0.05) is 22.9 Å². The van der Waals surface area contributed by atoms with E-state index in [-0.39, 0.29) is 0 Å². The van der Waals surface area contributed by atoms with Crippen LogP contribution in [0.1, 0.15) is 16.7 Å². The first-order valence-corrected chi connectivity index (χ1v) is 11.2. The number of benzene rings is 4. The maximum Gasteiger partial charge on any atom is 0.132 e. The van der Waals surface area contributed by atoms with Crippen molar-refractivity contribution in [2.45, 2.75) is 20.5 Å². The number of aryl methyl sites for hydroxylation is 2. The van der Waals surface area contributed by atoms with E-state index in [1.807, 2.05) is 42.5 Å². The molecule has 0 spiro atoms. The Morgan fingerprint density at radius 2 is 1.47 bits per heavy atom. The molecule has 0 radical (unpaired) electrons. The zero-order chi connectivity index (χ0) is 22.7. The number of hydrogen-bond acceptors (Lipinski definition) is 3. The zero-order valence-electron chi connectivity index (χ0n) is 18.7. The lowest BCUT2D eigenvalue weighted by Gasteiger charge is -2.21. The van der Waals surface area contributed by atoms with Crippen LogP contribution in [-0.4, -0.2) is 7.11 Å². The first-order chi connectivity index (χ1) is 15.5. The molecule has 0 aliphatic heterocycles. The van der Waals surface area contributed by atoms with Crippen LogP contribution >= 0.6 is 9.24 Å². The Labute approximate surface area is 192 Å². The smallest absolute Gasteiger partial charge is 0.132 e. The highest BCUT2D eigenvalue weighted by atomic mass is 31.0. The minimum atomic E-state index is 0.455. The van der Waals surface area contributed by atoms with Gasteiger partial charge >= 0.3 is 0 Å². The summed E-state index contributed by atoms with van der Waals surface area (Å²) in [6.45, 7) is 4.73. The third-order valence-corrected chi connectivity index (χ3v) is 6.13. The Hall–Kier alpha value is -3.29. The van der Waals surface area contributed by atoms with Crippen LogP contribution in [0.25, 0.3) is 22.3 Å². The van der Waals surface area contributed by atoms with Gasteiger partial charge in [-0.25, -0.2) is 0 Å². The first kappa shape index (κ1) is 21.9. The molecule has 3 nitrogen and oxygen atoms in total. The maximum absolute atomic E-state index is 6.61. The van der Waals surface area contributed by atoms with Crippen molar-refractivity contribution in [3.63, 3.8) is 0 Å². The fraction of sp³-hybridized carbons (Fsp3) is 0.143.